The van der Waals surface area contributed by atoms with Crippen molar-refractivity contribution in [3.05, 3.63) is 65.0 Å². The van der Waals surface area contributed by atoms with Crippen LogP contribution in [0.2, 0.25) is 0 Å². The second-order valence-electron chi connectivity index (χ2n) is 7.67. The molecule has 0 bridgehead atoms. The number of fused-ring (bicyclic) bond motifs is 4. The molecule has 5 rings (SSSR count). The number of imidazole rings is 1. The summed E-state index contributed by atoms with van der Waals surface area (Å²) in [5.74, 6) is -0.788. The van der Waals surface area contributed by atoms with E-state index in [1.54, 1.807) is 12.4 Å². The summed E-state index contributed by atoms with van der Waals surface area (Å²) < 4.78 is 0. The van der Waals surface area contributed by atoms with E-state index in [9.17, 15) is 14.7 Å². The first-order valence-corrected chi connectivity index (χ1v) is 9.72. The van der Waals surface area contributed by atoms with Gasteiger partial charge in [-0.2, -0.15) is 0 Å². The summed E-state index contributed by atoms with van der Waals surface area (Å²) in [5, 5.41) is 9.67. The summed E-state index contributed by atoms with van der Waals surface area (Å²) in [5.41, 5.74) is 4.77. The summed E-state index contributed by atoms with van der Waals surface area (Å²) >= 11 is 0. The fourth-order valence-electron chi connectivity index (χ4n) is 4.99. The minimum Gasteiger partial charge on any atom is -0.478 e. The number of carboxylic acids is 1. The Kier molecular flexibility index (Phi) is 3.93. The van der Waals surface area contributed by atoms with Crippen LogP contribution in [0.3, 0.4) is 0 Å². The van der Waals surface area contributed by atoms with E-state index in [0.29, 0.717) is 17.7 Å². The molecule has 1 aliphatic heterocycles. The number of nitrogens with one attached hydrogen (secondary N) is 1. The zero-order valence-corrected chi connectivity index (χ0v) is 15.4. The number of rotatable bonds is 2. The monoisotopic (exact) mass is 375 g/mol. The molecular weight excluding hydrogens is 354 g/mol. The fourth-order valence-corrected chi connectivity index (χ4v) is 4.99. The van der Waals surface area contributed by atoms with E-state index in [1.165, 1.54) is 0 Å². The Bertz CT molecular complexity index is 1090. The maximum Gasteiger partial charge on any atom is 0.335 e. The number of carbonyl (C=O) groups excluding carboxylic acids is 1. The summed E-state index contributed by atoms with van der Waals surface area (Å²) in [6.07, 6.45) is 5.10. The van der Waals surface area contributed by atoms with Gasteiger partial charge in [-0.25, -0.2) is 9.78 Å². The van der Waals surface area contributed by atoms with Gasteiger partial charge in [-0.15, -0.1) is 0 Å². The molecule has 2 aromatic carbocycles. The number of piperidine rings is 1. The molecule has 0 spiro atoms. The molecule has 142 valence electrons. The molecule has 6 heteroatoms. The molecule has 28 heavy (non-hydrogen) atoms. The Morgan fingerprint density at radius 2 is 2.07 bits per heavy atom. The minimum absolute atomic E-state index is 0.0101. The van der Waals surface area contributed by atoms with Gasteiger partial charge in [-0.1, -0.05) is 12.1 Å². The Morgan fingerprint density at radius 1 is 1.18 bits per heavy atom. The van der Waals surface area contributed by atoms with E-state index in [0.717, 1.165) is 47.8 Å². The SMILES string of the molecule is O=C(O)c1cccc2c1[C@H]1CCCN(C(=O)c3ccc4[nH]cnc4c3)[C@H]1CC2. The molecule has 1 fully saturated rings. The number of carbonyl (C=O) groups is 2. The third-order valence-electron chi connectivity index (χ3n) is 6.22. The van der Waals surface area contributed by atoms with Crippen LogP contribution in [0.1, 0.15) is 57.0 Å². The number of hydrogen-bond donors (Lipinski definition) is 2. The lowest BCUT2D eigenvalue weighted by atomic mass is 9.72. The van der Waals surface area contributed by atoms with Crippen molar-refractivity contribution in [2.45, 2.75) is 37.6 Å². The van der Waals surface area contributed by atoms with Crippen molar-refractivity contribution in [2.24, 2.45) is 0 Å². The quantitative estimate of drug-likeness (QED) is 0.717. The van der Waals surface area contributed by atoms with Crippen LogP contribution in [0.25, 0.3) is 11.0 Å². The number of nitrogens with zero attached hydrogens (tertiary/aromatic N) is 2. The van der Waals surface area contributed by atoms with Gasteiger partial charge in [0.15, 0.2) is 0 Å². The Labute approximate surface area is 162 Å². The zero-order valence-electron chi connectivity index (χ0n) is 15.4. The van der Waals surface area contributed by atoms with Crippen LogP contribution in [-0.4, -0.2) is 44.4 Å². The molecule has 2 aliphatic rings. The first-order valence-electron chi connectivity index (χ1n) is 9.72. The lowest BCUT2D eigenvalue weighted by molar-refractivity contribution is 0.0544. The lowest BCUT2D eigenvalue weighted by Gasteiger charge is -2.45. The van der Waals surface area contributed by atoms with Crippen molar-refractivity contribution in [2.75, 3.05) is 6.54 Å². The number of hydrogen-bond acceptors (Lipinski definition) is 3. The van der Waals surface area contributed by atoms with Gasteiger partial charge in [0.05, 0.1) is 22.9 Å². The molecule has 1 aliphatic carbocycles. The van der Waals surface area contributed by atoms with Gasteiger partial charge in [0.2, 0.25) is 0 Å². The first-order chi connectivity index (χ1) is 13.6. The predicted octanol–water partition coefficient (Wildman–Crippen LogP) is 3.60. The van der Waals surface area contributed by atoms with Crippen LogP contribution < -0.4 is 0 Å². The van der Waals surface area contributed by atoms with Crippen molar-refractivity contribution < 1.29 is 14.7 Å². The molecule has 1 saturated heterocycles. The number of carboxylic acid groups (broad SMARTS) is 1. The summed E-state index contributed by atoms with van der Waals surface area (Å²) in [6, 6.07) is 11.1. The second-order valence-corrected chi connectivity index (χ2v) is 7.67. The van der Waals surface area contributed by atoms with Crippen molar-refractivity contribution in [3.63, 3.8) is 0 Å². The topological polar surface area (TPSA) is 86.3 Å². The number of benzene rings is 2. The van der Waals surface area contributed by atoms with Crippen molar-refractivity contribution in [1.82, 2.24) is 14.9 Å². The second kappa shape index (κ2) is 6.48. The molecule has 2 heterocycles. The summed E-state index contributed by atoms with van der Waals surface area (Å²) in [7, 11) is 0. The molecule has 0 unspecified atom stereocenters. The van der Waals surface area contributed by atoms with E-state index in [1.807, 2.05) is 35.2 Å². The molecule has 2 atom stereocenters. The minimum atomic E-state index is -0.884. The average molecular weight is 375 g/mol. The van der Waals surface area contributed by atoms with Gasteiger partial charge in [0.25, 0.3) is 5.91 Å². The van der Waals surface area contributed by atoms with Crippen molar-refractivity contribution >= 4 is 22.9 Å². The number of likely N-dealkylation sites (tertiary alicyclic amines) is 1. The normalized spacial score (nSPS) is 21.2. The van der Waals surface area contributed by atoms with Crippen molar-refractivity contribution in [3.8, 4) is 0 Å². The zero-order chi connectivity index (χ0) is 19.3. The molecule has 0 saturated carbocycles. The smallest absolute Gasteiger partial charge is 0.335 e. The van der Waals surface area contributed by atoms with Gasteiger partial charge in [0.1, 0.15) is 0 Å². The lowest BCUT2D eigenvalue weighted by Crippen LogP contribution is -2.49. The predicted molar refractivity (Wildman–Crippen MR) is 105 cm³/mol. The van der Waals surface area contributed by atoms with Gasteiger partial charge in [0, 0.05) is 24.1 Å². The van der Waals surface area contributed by atoms with Crippen LogP contribution in [0, 0.1) is 0 Å². The standard InChI is InChI=1S/C22H21N3O3/c26-21(14-6-8-17-18(11-14)24-12-23-17)25-10-2-5-15-19(25)9-7-13-3-1-4-16(20(13)15)22(27)28/h1,3-4,6,8,11-12,15,19H,2,5,7,9-10H2,(H,23,24)(H,27,28)/t15-,19-/m0/s1. The van der Waals surface area contributed by atoms with Crippen LogP contribution in [0.15, 0.2) is 42.7 Å². The van der Waals surface area contributed by atoms with Gasteiger partial charge < -0.3 is 15.0 Å². The van der Waals surface area contributed by atoms with E-state index in [2.05, 4.69) is 9.97 Å². The molecule has 0 radical (unpaired) electrons. The van der Waals surface area contributed by atoms with Crippen LogP contribution in [0.4, 0.5) is 0 Å². The molecule has 1 aromatic heterocycles. The Hall–Kier alpha value is -3.15. The number of H-pyrrole nitrogens is 1. The average Bonchev–Trinajstić information content (AvgIpc) is 3.20. The van der Waals surface area contributed by atoms with Gasteiger partial charge in [-0.3, -0.25) is 4.79 Å². The molecule has 1 amide bonds. The number of aromatic amines is 1. The third-order valence-corrected chi connectivity index (χ3v) is 6.22. The number of amides is 1. The maximum absolute atomic E-state index is 13.3. The number of aromatic nitrogens is 2. The Morgan fingerprint density at radius 3 is 2.93 bits per heavy atom. The van der Waals surface area contributed by atoms with Crippen LogP contribution in [0.5, 0.6) is 0 Å². The summed E-state index contributed by atoms with van der Waals surface area (Å²) in [6.45, 7) is 0.711. The highest BCUT2D eigenvalue weighted by Gasteiger charge is 2.40. The molecule has 3 aromatic rings. The number of aryl methyl sites for hydroxylation is 1. The third kappa shape index (κ3) is 2.59. The first kappa shape index (κ1) is 17.0. The van der Waals surface area contributed by atoms with Crippen LogP contribution in [-0.2, 0) is 6.42 Å². The van der Waals surface area contributed by atoms with E-state index in [4.69, 9.17) is 0 Å². The highest BCUT2D eigenvalue weighted by atomic mass is 16.4. The van der Waals surface area contributed by atoms with E-state index < -0.39 is 5.97 Å². The molecule has 6 nitrogen and oxygen atoms in total. The maximum atomic E-state index is 13.3. The molecule has 2 N–H and O–H groups in total. The van der Waals surface area contributed by atoms with Gasteiger partial charge in [-0.05, 0) is 61.1 Å². The summed E-state index contributed by atoms with van der Waals surface area (Å²) in [4.78, 5) is 34.4. The van der Waals surface area contributed by atoms with E-state index in [-0.39, 0.29) is 17.9 Å². The largest absolute Gasteiger partial charge is 0.478 e. The van der Waals surface area contributed by atoms with Crippen molar-refractivity contribution in [1.29, 1.82) is 0 Å². The van der Waals surface area contributed by atoms with Crippen LogP contribution >= 0.6 is 0 Å². The van der Waals surface area contributed by atoms with Gasteiger partial charge >= 0.3 is 5.97 Å². The fraction of sp³-hybridized carbons (Fsp3) is 0.318. The van der Waals surface area contributed by atoms with E-state index >= 15 is 0 Å². The molecular formula is C22H21N3O3. The highest BCUT2D eigenvalue weighted by Crippen LogP contribution is 2.42. The highest BCUT2D eigenvalue weighted by molar-refractivity contribution is 5.97. The Balaban J connectivity index is 1.51. The number of aromatic carboxylic acids is 1.